The molecule has 3 rings (SSSR count). The Morgan fingerprint density at radius 3 is 2.45 bits per heavy atom. The first kappa shape index (κ1) is 12.4. The van der Waals surface area contributed by atoms with Crippen LogP contribution in [0.3, 0.4) is 0 Å². The van der Waals surface area contributed by atoms with Crippen molar-refractivity contribution in [2.24, 2.45) is 7.05 Å². The lowest BCUT2D eigenvalue weighted by Crippen LogP contribution is -2.06. The molecule has 0 saturated carbocycles. The topological polar surface area (TPSA) is 42.2 Å². The van der Waals surface area contributed by atoms with Crippen molar-refractivity contribution in [3.8, 4) is 11.1 Å². The number of nitrogens with zero attached hydrogens (tertiary/aromatic N) is 1. The minimum Gasteiger partial charge on any atom is -0.477 e. The summed E-state index contributed by atoms with van der Waals surface area (Å²) in [6.07, 6.45) is 0. The zero-order chi connectivity index (χ0) is 14.3. The van der Waals surface area contributed by atoms with Gasteiger partial charge in [-0.15, -0.1) is 0 Å². The van der Waals surface area contributed by atoms with Crippen LogP contribution in [0.4, 0.5) is 4.39 Å². The Hall–Kier alpha value is -2.62. The number of aromatic carboxylic acids is 1. The number of aryl methyl sites for hydroxylation is 1. The Bertz CT molecular complexity index is 820. The molecular weight excluding hydrogens is 257 g/mol. The molecule has 0 fully saturated rings. The molecule has 3 aromatic rings. The molecule has 0 bridgehead atoms. The van der Waals surface area contributed by atoms with Crippen LogP contribution < -0.4 is 0 Å². The maximum Gasteiger partial charge on any atom is 0.353 e. The number of para-hydroxylation sites is 1. The summed E-state index contributed by atoms with van der Waals surface area (Å²) in [4.78, 5) is 11.6. The lowest BCUT2D eigenvalue weighted by atomic mass is 10.0. The molecule has 1 aromatic heterocycles. The number of carboxylic acid groups (broad SMARTS) is 1. The zero-order valence-corrected chi connectivity index (χ0v) is 10.8. The Morgan fingerprint density at radius 2 is 1.75 bits per heavy atom. The quantitative estimate of drug-likeness (QED) is 0.771. The van der Waals surface area contributed by atoms with E-state index in [0.29, 0.717) is 11.1 Å². The summed E-state index contributed by atoms with van der Waals surface area (Å²) in [7, 11) is 1.68. The second-order valence-corrected chi connectivity index (χ2v) is 4.58. The third-order valence-corrected chi connectivity index (χ3v) is 3.45. The molecule has 1 N–H and O–H groups in total. The molecular formula is C16H12FNO2. The van der Waals surface area contributed by atoms with Gasteiger partial charge in [0.15, 0.2) is 0 Å². The molecule has 2 aromatic carbocycles. The first-order chi connectivity index (χ1) is 9.61. The van der Waals surface area contributed by atoms with Crippen molar-refractivity contribution in [2.45, 2.75) is 0 Å². The molecule has 3 nitrogen and oxygen atoms in total. The van der Waals surface area contributed by atoms with Crippen LogP contribution in [-0.2, 0) is 7.05 Å². The van der Waals surface area contributed by atoms with Gasteiger partial charge in [0.05, 0.1) is 0 Å². The molecule has 100 valence electrons. The Morgan fingerprint density at radius 1 is 1.10 bits per heavy atom. The van der Waals surface area contributed by atoms with Crippen LogP contribution in [0.25, 0.3) is 22.0 Å². The smallest absolute Gasteiger partial charge is 0.353 e. The van der Waals surface area contributed by atoms with E-state index in [1.165, 1.54) is 6.07 Å². The van der Waals surface area contributed by atoms with Crippen LogP contribution >= 0.6 is 0 Å². The predicted octanol–water partition coefficient (Wildman–Crippen LogP) is 3.68. The molecule has 0 aliphatic heterocycles. The molecule has 0 aliphatic rings. The first-order valence-corrected chi connectivity index (χ1v) is 6.17. The van der Waals surface area contributed by atoms with Crippen LogP contribution in [0.2, 0.25) is 0 Å². The molecule has 0 spiro atoms. The minimum atomic E-state index is -1.07. The fraction of sp³-hybridized carbons (Fsp3) is 0.0625. The van der Waals surface area contributed by atoms with Crippen molar-refractivity contribution in [2.75, 3.05) is 0 Å². The second-order valence-electron chi connectivity index (χ2n) is 4.58. The van der Waals surface area contributed by atoms with Gasteiger partial charge < -0.3 is 9.67 Å². The monoisotopic (exact) mass is 269 g/mol. The number of hydrogen-bond acceptors (Lipinski definition) is 1. The second kappa shape index (κ2) is 4.49. The van der Waals surface area contributed by atoms with Crippen molar-refractivity contribution in [1.29, 1.82) is 0 Å². The average Bonchev–Trinajstić information content (AvgIpc) is 2.73. The van der Waals surface area contributed by atoms with E-state index in [9.17, 15) is 14.3 Å². The van der Waals surface area contributed by atoms with Gasteiger partial charge >= 0.3 is 5.97 Å². The normalized spacial score (nSPS) is 10.9. The Kier molecular flexibility index (Phi) is 2.79. The van der Waals surface area contributed by atoms with Gasteiger partial charge in [-0.3, -0.25) is 0 Å². The summed E-state index contributed by atoms with van der Waals surface area (Å²) in [6, 6.07) is 13.5. The molecule has 4 heteroatoms. The Labute approximate surface area is 114 Å². The summed E-state index contributed by atoms with van der Waals surface area (Å²) < 4.78 is 15.6. The Balaban J connectivity index is 2.49. The number of carboxylic acids is 1. The maximum atomic E-state index is 14.1. The molecule has 0 amide bonds. The standard InChI is InChI=1S/C16H12FNO2/c1-18-13-9-5-3-7-11(13)14(15(18)16(19)20)10-6-2-4-8-12(10)17/h2-9H,1H3,(H,19,20). The van der Waals surface area contributed by atoms with E-state index in [-0.39, 0.29) is 5.69 Å². The van der Waals surface area contributed by atoms with E-state index in [1.54, 1.807) is 29.8 Å². The van der Waals surface area contributed by atoms with E-state index in [1.807, 2.05) is 24.3 Å². The van der Waals surface area contributed by atoms with E-state index in [2.05, 4.69) is 0 Å². The van der Waals surface area contributed by atoms with Crippen LogP contribution in [0.15, 0.2) is 48.5 Å². The van der Waals surface area contributed by atoms with E-state index in [0.717, 1.165) is 10.9 Å². The average molecular weight is 269 g/mol. The fourth-order valence-electron chi connectivity index (χ4n) is 2.58. The van der Waals surface area contributed by atoms with Gasteiger partial charge in [-0.2, -0.15) is 0 Å². The summed E-state index contributed by atoms with van der Waals surface area (Å²) >= 11 is 0. The largest absolute Gasteiger partial charge is 0.477 e. The van der Waals surface area contributed by atoms with Gasteiger partial charge in [-0.25, -0.2) is 9.18 Å². The van der Waals surface area contributed by atoms with Crippen molar-refractivity contribution in [3.63, 3.8) is 0 Å². The van der Waals surface area contributed by atoms with Gasteiger partial charge in [-0.05, 0) is 12.1 Å². The van der Waals surface area contributed by atoms with E-state index >= 15 is 0 Å². The van der Waals surface area contributed by atoms with Crippen LogP contribution in [-0.4, -0.2) is 15.6 Å². The van der Waals surface area contributed by atoms with Gasteiger partial charge in [0.25, 0.3) is 0 Å². The lowest BCUT2D eigenvalue weighted by molar-refractivity contribution is 0.0688. The minimum absolute atomic E-state index is 0.0938. The van der Waals surface area contributed by atoms with Crippen LogP contribution in [0.1, 0.15) is 10.5 Å². The molecule has 0 saturated heterocycles. The number of halogens is 1. The molecule has 0 radical (unpaired) electrons. The highest BCUT2D eigenvalue weighted by atomic mass is 19.1. The van der Waals surface area contributed by atoms with Crippen LogP contribution in [0, 0.1) is 5.82 Å². The van der Waals surface area contributed by atoms with Crippen molar-refractivity contribution in [3.05, 3.63) is 60.0 Å². The predicted molar refractivity (Wildman–Crippen MR) is 75.3 cm³/mol. The molecule has 20 heavy (non-hydrogen) atoms. The number of benzene rings is 2. The highest BCUT2D eigenvalue weighted by molar-refractivity contribution is 6.08. The first-order valence-electron chi connectivity index (χ1n) is 6.17. The van der Waals surface area contributed by atoms with E-state index in [4.69, 9.17) is 0 Å². The fourth-order valence-corrected chi connectivity index (χ4v) is 2.58. The number of hydrogen-bond donors (Lipinski definition) is 1. The zero-order valence-electron chi connectivity index (χ0n) is 10.8. The van der Waals surface area contributed by atoms with Crippen molar-refractivity contribution < 1.29 is 14.3 Å². The molecule has 0 atom stereocenters. The lowest BCUT2D eigenvalue weighted by Gasteiger charge is -2.04. The summed E-state index contributed by atoms with van der Waals surface area (Å²) in [6.45, 7) is 0. The molecule has 1 heterocycles. The van der Waals surface area contributed by atoms with Gasteiger partial charge in [0.1, 0.15) is 11.5 Å². The highest BCUT2D eigenvalue weighted by Crippen LogP contribution is 2.35. The van der Waals surface area contributed by atoms with Gasteiger partial charge in [0.2, 0.25) is 0 Å². The van der Waals surface area contributed by atoms with Crippen LogP contribution in [0.5, 0.6) is 0 Å². The summed E-state index contributed by atoms with van der Waals surface area (Å²) in [5.41, 5.74) is 1.59. The molecule has 0 aliphatic carbocycles. The number of fused-ring (bicyclic) bond motifs is 1. The maximum absolute atomic E-state index is 14.1. The third-order valence-electron chi connectivity index (χ3n) is 3.45. The van der Waals surface area contributed by atoms with Crippen molar-refractivity contribution >= 4 is 16.9 Å². The number of aromatic nitrogens is 1. The van der Waals surface area contributed by atoms with Crippen molar-refractivity contribution in [1.82, 2.24) is 4.57 Å². The molecule has 0 unspecified atom stereocenters. The summed E-state index contributed by atoms with van der Waals surface area (Å²) in [5.74, 6) is -1.49. The van der Waals surface area contributed by atoms with Gasteiger partial charge in [0, 0.05) is 29.1 Å². The SMILES string of the molecule is Cn1c(C(=O)O)c(-c2ccccc2F)c2ccccc21. The number of rotatable bonds is 2. The highest BCUT2D eigenvalue weighted by Gasteiger charge is 2.23. The van der Waals surface area contributed by atoms with E-state index < -0.39 is 11.8 Å². The number of carbonyl (C=O) groups is 1. The third kappa shape index (κ3) is 1.69. The van der Waals surface area contributed by atoms with Gasteiger partial charge in [-0.1, -0.05) is 36.4 Å². The summed E-state index contributed by atoms with van der Waals surface area (Å²) in [5, 5.41) is 10.2.